The Morgan fingerprint density at radius 3 is 2.59 bits per heavy atom. The van der Waals surface area contributed by atoms with Gasteiger partial charge in [0.2, 0.25) is 0 Å². The molecule has 29 heavy (non-hydrogen) atoms. The van der Waals surface area contributed by atoms with Crippen molar-refractivity contribution in [2.24, 2.45) is 0 Å². The average molecular weight is 417 g/mol. The average Bonchev–Trinajstić information content (AvgIpc) is 2.68. The minimum atomic E-state index is -1.55. The van der Waals surface area contributed by atoms with Crippen LogP contribution >= 0.6 is 11.6 Å². The van der Waals surface area contributed by atoms with Crippen molar-refractivity contribution in [1.82, 2.24) is 10.3 Å². The van der Waals surface area contributed by atoms with Gasteiger partial charge in [-0.3, -0.25) is 9.78 Å². The number of nitrogens with one attached hydrogen (secondary N) is 1. The number of aromatic nitrogens is 1. The summed E-state index contributed by atoms with van der Waals surface area (Å²) in [5.41, 5.74) is -1.08. The van der Waals surface area contributed by atoms with Gasteiger partial charge in [0.05, 0.1) is 10.6 Å². The molecule has 1 heterocycles. The molecule has 0 aliphatic heterocycles. The van der Waals surface area contributed by atoms with Crippen molar-refractivity contribution >= 4 is 34.2 Å². The Kier molecular flexibility index (Phi) is 5.70. The number of ether oxygens (including phenoxy) is 1. The van der Waals surface area contributed by atoms with Crippen molar-refractivity contribution in [3.8, 4) is 5.75 Å². The lowest BCUT2D eigenvalue weighted by molar-refractivity contribution is -0.143. The van der Waals surface area contributed by atoms with E-state index in [2.05, 4.69) is 10.3 Å². The molecule has 6 nitrogen and oxygen atoms in total. The summed E-state index contributed by atoms with van der Waals surface area (Å²) in [7, 11) is 0. The van der Waals surface area contributed by atoms with Crippen LogP contribution in [0.3, 0.4) is 0 Å². The number of benzene rings is 2. The van der Waals surface area contributed by atoms with Gasteiger partial charge in [-0.05, 0) is 26.0 Å². The topological polar surface area (TPSA) is 88.5 Å². The molecule has 0 atom stereocenters. The highest BCUT2D eigenvalue weighted by atomic mass is 35.5. The Hall–Kier alpha value is -3.19. The van der Waals surface area contributed by atoms with Crippen molar-refractivity contribution in [1.29, 1.82) is 0 Å². The van der Waals surface area contributed by atoms with Crippen LogP contribution in [0.2, 0.25) is 5.02 Å². The van der Waals surface area contributed by atoms with Crippen molar-refractivity contribution < 1.29 is 23.8 Å². The third-order valence-electron chi connectivity index (χ3n) is 4.37. The normalized spacial score (nSPS) is 11.3. The lowest BCUT2D eigenvalue weighted by Gasteiger charge is -2.22. The Morgan fingerprint density at radius 2 is 1.93 bits per heavy atom. The predicted molar refractivity (Wildman–Crippen MR) is 107 cm³/mol. The van der Waals surface area contributed by atoms with Crippen molar-refractivity contribution in [3.05, 3.63) is 70.8 Å². The molecule has 8 heteroatoms. The van der Waals surface area contributed by atoms with Crippen molar-refractivity contribution in [3.63, 3.8) is 0 Å². The number of amides is 1. The van der Waals surface area contributed by atoms with E-state index in [-0.39, 0.29) is 23.3 Å². The Bertz CT molecular complexity index is 1100. The van der Waals surface area contributed by atoms with Gasteiger partial charge in [0.1, 0.15) is 23.7 Å². The largest absolute Gasteiger partial charge is 0.487 e. The van der Waals surface area contributed by atoms with Crippen LogP contribution < -0.4 is 10.1 Å². The van der Waals surface area contributed by atoms with E-state index >= 15 is 0 Å². The molecule has 0 saturated carbocycles. The maximum atomic E-state index is 14.6. The van der Waals surface area contributed by atoms with Crippen molar-refractivity contribution in [2.75, 3.05) is 0 Å². The van der Waals surface area contributed by atoms with Gasteiger partial charge in [0.25, 0.3) is 5.91 Å². The summed E-state index contributed by atoms with van der Waals surface area (Å²) in [4.78, 5) is 28.1. The summed E-state index contributed by atoms with van der Waals surface area (Å²) in [5.74, 6) is -2.49. The molecule has 0 spiro atoms. The first-order chi connectivity index (χ1) is 13.7. The number of carbonyl (C=O) groups is 2. The molecular weight excluding hydrogens is 399 g/mol. The van der Waals surface area contributed by atoms with E-state index in [1.807, 2.05) is 0 Å². The second-order valence-corrected chi connectivity index (χ2v) is 7.33. The SMILES string of the molecule is CC(C)(NC(=O)c1cc(F)c2ccccc2c1OCc1cnccc1Cl)C(=O)O. The van der Waals surface area contributed by atoms with Crippen LogP contribution in [0.15, 0.2) is 48.8 Å². The molecule has 150 valence electrons. The predicted octanol–water partition coefficient (Wildman–Crippen LogP) is 4.20. The van der Waals surface area contributed by atoms with Gasteiger partial charge in [-0.15, -0.1) is 0 Å². The molecule has 0 fully saturated rings. The summed E-state index contributed by atoms with van der Waals surface area (Å²) in [6.45, 7) is 2.66. The summed E-state index contributed by atoms with van der Waals surface area (Å²) in [5, 5.41) is 12.8. The molecule has 0 aliphatic rings. The molecule has 0 aliphatic carbocycles. The van der Waals surface area contributed by atoms with Gasteiger partial charge in [-0.25, -0.2) is 9.18 Å². The number of nitrogens with zero attached hydrogens (tertiary/aromatic N) is 1. The first-order valence-electron chi connectivity index (χ1n) is 8.69. The summed E-state index contributed by atoms with van der Waals surface area (Å²) >= 11 is 6.13. The van der Waals surface area contributed by atoms with Gasteiger partial charge < -0.3 is 15.2 Å². The van der Waals surface area contributed by atoms with Crippen LogP contribution in [0, 0.1) is 5.82 Å². The fourth-order valence-electron chi connectivity index (χ4n) is 2.70. The van der Waals surface area contributed by atoms with E-state index in [0.29, 0.717) is 16.0 Å². The van der Waals surface area contributed by atoms with E-state index in [1.54, 1.807) is 30.3 Å². The monoisotopic (exact) mass is 416 g/mol. The van der Waals surface area contributed by atoms with Gasteiger partial charge in [-0.2, -0.15) is 0 Å². The number of hydrogen-bond acceptors (Lipinski definition) is 4. The van der Waals surface area contributed by atoms with Crippen LogP contribution in [0.5, 0.6) is 5.75 Å². The number of pyridine rings is 1. The molecule has 0 unspecified atom stereocenters. The molecule has 0 bridgehead atoms. The first-order valence-corrected chi connectivity index (χ1v) is 9.07. The van der Waals surface area contributed by atoms with E-state index in [1.165, 1.54) is 26.2 Å². The number of fused-ring (bicyclic) bond motifs is 1. The van der Waals surface area contributed by atoms with Gasteiger partial charge in [0, 0.05) is 28.7 Å². The number of carboxylic acid groups (broad SMARTS) is 1. The number of aliphatic carboxylic acids is 1. The molecular formula is C21H18ClFN2O4. The highest BCUT2D eigenvalue weighted by Crippen LogP contribution is 2.33. The van der Waals surface area contributed by atoms with E-state index in [9.17, 15) is 19.1 Å². The number of carbonyl (C=O) groups excluding carboxylic acids is 1. The Balaban J connectivity index is 2.06. The Labute approximate surface area is 171 Å². The minimum Gasteiger partial charge on any atom is -0.487 e. The van der Waals surface area contributed by atoms with Crippen LogP contribution in [-0.2, 0) is 11.4 Å². The molecule has 0 radical (unpaired) electrons. The summed E-state index contributed by atoms with van der Waals surface area (Å²) in [6.07, 6.45) is 3.06. The highest BCUT2D eigenvalue weighted by Gasteiger charge is 2.31. The number of halogens is 2. The maximum Gasteiger partial charge on any atom is 0.328 e. The highest BCUT2D eigenvalue weighted by molar-refractivity contribution is 6.31. The zero-order valence-electron chi connectivity index (χ0n) is 15.7. The molecule has 1 aromatic heterocycles. The minimum absolute atomic E-state index is 0.00902. The summed E-state index contributed by atoms with van der Waals surface area (Å²) in [6, 6.07) is 9.19. The van der Waals surface area contributed by atoms with Crippen LogP contribution in [0.1, 0.15) is 29.8 Å². The maximum absolute atomic E-state index is 14.6. The second-order valence-electron chi connectivity index (χ2n) is 6.92. The fourth-order valence-corrected chi connectivity index (χ4v) is 2.86. The lowest BCUT2D eigenvalue weighted by Crippen LogP contribution is -2.49. The second kappa shape index (κ2) is 8.05. The van der Waals surface area contributed by atoms with Crippen molar-refractivity contribution in [2.45, 2.75) is 26.0 Å². The molecule has 3 rings (SSSR count). The molecule has 3 aromatic rings. The first kappa shape index (κ1) is 20.5. The summed E-state index contributed by atoms with van der Waals surface area (Å²) < 4.78 is 20.5. The van der Waals surface area contributed by atoms with Crippen LogP contribution in [0.25, 0.3) is 10.8 Å². The molecule has 1 amide bonds. The smallest absolute Gasteiger partial charge is 0.328 e. The van der Waals surface area contributed by atoms with E-state index in [4.69, 9.17) is 16.3 Å². The van der Waals surface area contributed by atoms with Gasteiger partial charge in [-0.1, -0.05) is 35.9 Å². The molecule has 2 aromatic carbocycles. The van der Waals surface area contributed by atoms with E-state index < -0.39 is 23.2 Å². The third-order valence-corrected chi connectivity index (χ3v) is 4.73. The lowest BCUT2D eigenvalue weighted by atomic mass is 10.0. The molecule has 0 saturated heterocycles. The quantitative estimate of drug-likeness (QED) is 0.628. The third kappa shape index (κ3) is 4.30. The van der Waals surface area contributed by atoms with Gasteiger partial charge in [0.15, 0.2) is 0 Å². The van der Waals surface area contributed by atoms with E-state index in [0.717, 1.165) is 6.07 Å². The number of carboxylic acids is 1. The van der Waals surface area contributed by atoms with Crippen LogP contribution in [-0.4, -0.2) is 27.5 Å². The number of hydrogen-bond donors (Lipinski definition) is 2. The van der Waals surface area contributed by atoms with Crippen LogP contribution in [0.4, 0.5) is 4.39 Å². The zero-order chi connectivity index (χ0) is 21.2. The van der Waals surface area contributed by atoms with Gasteiger partial charge >= 0.3 is 5.97 Å². The molecule has 2 N–H and O–H groups in total. The number of rotatable bonds is 6. The Morgan fingerprint density at radius 1 is 1.24 bits per heavy atom. The fraction of sp³-hybridized carbons (Fsp3) is 0.190. The zero-order valence-corrected chi connectivity index (χ0v) is 16.5. The standard InChI is InChI=1S/C21H18ClFN2O4/c1-21(2,20(27)28)25-19(26)15-9-17(23)13-5-3-4-6-14(13)18(15)29-11-12-10-24-8-7-16(12)22/h3-10H,11H2,1-2H3,(H,25,26)(H,27,28).